The summed E-state index contributed by atoms with van der Waals surface area (Å²) in [5, 5.41) is 9.64. The average molecular weight is 371 g/mol. The molecular formula is C17H14FN5O2S. The number of H-pyrrole nitrogens is 1. The number of carbonyl (C=O) groups is 1. The minimum Gasteiger partial charge on any atom is -0.331 e. The van der Waals surface area contributed by atoms with E-state index >= 15 is 0 Å². The number of halogens is 1. The zero-order valence-electron chi connectivity index (χ0n) is 13.6. The maximum absolute atomic E-state index is 13.5. The van der Waals surface area contributed by atoms with E-state index in [0.717, 1.165) is 0 Å². The SMILES string of the molecule is Cc1ccc(NC(=S)NNC(=O)c2n[nH]c(=O)c3ccccc23)cc1F. The number of hydrogen-bond donors (Lipinski definition) is 4. The van der Waals surface area contributed by atoms with Crippen molar-refractivity contribution in [1.29, 1.82) is 0 Å². The van der Waals surface area contributed by atoms with Crippen LogP contribution >= 0.6 is 12.2 Å². The van der Waals surface area contributed by atoms with Crippen LogP contribution in [0.4, 0.5) is 10.1 Å². The van der Waals surface area contributed by atoms with Crippen LogP contribution in [-0.4, -0.2) is 21.2 Å². The number of thiocarbonyl (C=S) groups is 1. The molecule has 1 amide bonds. The van der Waals surface area contributed by atoms with E-state index in [0.29, 0.717) is 22.0 Å². The van der Waals surface area contributed by atoms with Crippen LogP contribution in [0.25, 0.3) is 10.8 Å². The molecule has 0 aliphatic rings. The molecule has 132 valence electrons. The van der Waals surface area contributed by atoms with Crippen LogP contribution < -0.4 is 21.7 Å². The molecule has 0 aliphatic carbocycles. The minimum absolute atomic E-state index is 0.0388. The lowest BCUT2D eigenvalue weighted by Crippen LogP contribution is -2.44. The van der Waals surface area contributed by atoms with Gasteiger partial charge in [-0.05, 0) is 42.9 Å². The summed E-state index contributed by atoms with van der Waals surface area (Å²) in [6.45, 7) is 1.65. The van der Waals surface area contributed by atoms with Gasteiger partial charge in [0, 0.05) is 11.1 Å². The van der Waals surface area contributed by atoms with Crippen molar-refractivity contribution in [2.75, 3.05) is 5.32 Å². The Morgan fingerprint density at radius 1 is 1.15 bits per heavy atom. The maximum Gasteiger partial charge on any atom is 0.290 e. The molecule has 0 bridgehead atoms. The highest BCUT2D eigenvalue weighted by atomic mass is 32.1. The number of hydrazine groups is 1. The highest BCUT2D eigenvalue weighted by molar-refractivity contribution is 7.80. The summed E-state index contributed by atoms with van der Waals surface area (Å²) in [6.07, 6.45) is 0. The molecule has 26 heavy (non-hydrogen) atoms. The molecule has 3 rings (SSSR count). The molecule has 0 saturated carbocycles. The first kappa shape index (κ1) is 17.5. The number of hydrogen-bond acceptors (Lipinski definition) is 4. The summed E-state index contributed by atoms with van der Waals surface area (Å²) in [4.78, 5) is 24.1. The van der Waals surface area contributed by atoms with Crippen LogP contribution in [0.2, 0.25) is 0 Å². The van der Waals surface area contributed by atoms with E-state index in [-0.39, 0.29) is 22.2 Å². The number of fused-ring (bicyclic) bond motifs is 1. The third kappa shape index (κ3) is 3.67. The standard InChI is InChI=1S/C17H14FN5O2S/c1-9-6-7-10(8-13(9)18)19-17(26)23-22-16(25)14-11-4-2-3-5-12(11)15(24)21-20-14/h2-8H,1H3,(H,21,24)(H,22,25)(H2,19,23,26). The monoisotopic (exact) mass is 371 g/mol. The van der Waals surface area contributed by atoms with Crippen molar-refractivity contribution in [2.24, 2.45) is 0 Å². The fourth-order valence-electron chi connectivity index (χ4n) is 2.29. The topological polar surface area (TPSA) is 98.9 Å². The molecule has 0 atom stereocenters. The second-order valence-electron chi connectivity index (χ2n) is 5.44. The number of amides is 1. The lowest BCUT2D eigenvalue weighted by molar-refractivity contribution is 0.0940. The molecule has 1 aromatic heterocycles. The molecule has 0 unspecified atom stereocenters. The fraction of sp³-hybridized carbons (Fsp3) is 0.0588. The molecule has 0 spiro atoms. The Balaban J connectivity index is 1.69. The lowest BCUT2D eigenvalue weighted by Gasteiger charge is -2.12. The first-order valence-electron chi connectivity index (χ1n) is 7.56. The average Bonchev–Trinajstić information content (AvgIpc) is 2.63. The molecule has 7 nitrogen and oxygen atoms in total. The van der Waals surface area contributed by atoms with E-state index in [2.05, 4.69) is 26.4 Å². The molecule has 2 aromatic carbocycles. The zero-order valence-corrected chi connectivity index (χ0v) is 14.4. The number of nitrogens with one attached hydrogen (secondary N) is 4. The first-order chi connectivity index (χ1) is 12.5. The van der Waals surface area contributed by atoms with Crippen LogP contribution in [-0.2, 0) is 0 Å². The summed E-state index contributed by atoms with van der Waals surface area (Å²) in [6, 6.07) is 11.2. The van der Waals surface area contributed by atoms with Crippen molar-refractivity contribution in [3.63, 3.8) is 0 Å². The van der Waals surface area contributed by atoms with Crippen molar-refractivity contribution in [2.45, 2.75) is 6.92 Å². The predicted molar refractivity (Wildman–Crippen MR) is 100 cm³/mol. The van der Waals surface area contributed by atoms with E-state index < -0.39 is 5.91 Å². The number of aryl methyl sites for hydroxylation is 1. The van der Waals surface area contributed by atoms with Crippen molar-refractivity contribution in [3.05, 3.63) is 69.9 Å². The lowest BCUT2D eigenvalue weighted by atomic mass is 10.1. The van der Waals surface area contributed by atoms with Gasteiger partial charge in [0.1, 0.15) is 5.82 Å². The van der Waals surface area contributed by atoms with Crippen LogP contribution in [0.3, 0.4) is 0 Å². The first-order valence-corrected chi connectivity index (χ1v) is 7.97. The number of benzene rings is 2. The highest BCUT2D eigenvalue weighted by Crippen LogP contribution is 2.13. The van der Waals surface area contributed by atoms with Crippen molar-refractivity contribution in [3.8, 4) is 0 Å². The van der Waals surface area contributed by atoms with Crippen molar-refractivity contribution < 1.29 is 9.18 Å². The van der Waals surface area contributed by atoms with Gasteiger partial charge in [0.2, 0.25) is 0 Å². The van der Waals surface area contributed by atoms with Crippen molar-refractivity contribution in [1.82, 2.24) is 21.0 Å². The minimum atomic E-state index is -0.586. The summed E-state index contributed by atoms with van der Waals surface area (Å²) in [5.74, 6) is -0.956. The molecule has 0 saturated heterocycles. The molecule has 4 N–H and O–H groups in total. The van der Waals surface area contributed by atoms with Gasteiger partial charge in [-0.2, -0.15) is 5.10 Å². The van der Waals surface area contributed by atoms with Crippen molar-refractivity contribution >= 4 is 39.7 Å². The van der Waals surface area contributed by atoms with E-state index in [9.17, 15) is 14.0 Å². The summed E-state index contributed by atoms with van der Waals surface area (Å²) < 4.78 is 13.5. The third-order valence-corrected chi connectivity index (χ3v) is 3.83. The van der Waals surface area contributed by atoms with Gasteiger partial charge < -0.3 is 5.32 Å². The Bertz CT molecular complexity index is 1070. The van der Waals surface area contributed by atoms with Crippen LogP contribution in [0.5, 0.6) is 0 Å². The quantitative estimate of drug-likeness (QED) is 0.406. The molecule has 1 heterocycles. The van der Waals surface area contributed by atoms with Crippen LogP contribution in [0.15, 0.2) is 47.3 Å². The Morgan fingerprint density at radius 2 is 1.88 bits per heavy atom. The van der Waals surface area contributed by atoms with Gasteiger partial charge >= 0.3 is 0 Å². The largest absolute Gasteiger partial charge is 0.331 e. The zero-order chi connectivity index (χ0) is 18.7. The molecule has 9 heteroatoms. The van der Waals surface area contributed by atoms with Gasteiger partial charge in [0.15, 0.2) is 10.8 Å². The van der Waals surface area contributed by atoms with Gasteiger partial charge in [-0.1, -0.05) is 24.3 Å². The number of aromatic nitrogens is 2. The normalized spacial score (nSPS) is 10.4. The maximum atomic E-state index is 13.5. The predicted octanol–water partition coefficient (Wildman–Crippen LogP) is 2.00. The molecule has 3 aromatic rings. The van der Waals surface area contributed by atoms with E-state index in [1.165, 1.54) is 6.07 Å². The number of nitrogens with zero attached hydrogens (tertiary/aromatic N) is 1. The molecule has 0 aliphatic heterocycles. The molecular weight excluding hydrogens is 357 g/mol. The number of carbonyl (C=O) groups excluding carboxylic acids is 1. The summed E-state index contributed by atoms with van der Waals surface area (Å²) in [5.41, 5.74) is 5.50. The molecule has 0 fully saturated rings. The second-order valence-corrected chi connectivity index (χ2v) is 5.85. The second kappa shape index (κ2) is 7.28. The highest BCUT2D eigenvalue weighted by Gasteiger charge is 2.14. The Kier molecular flexibility index (Phi) is 4.90. The third-order valence-electron chi connectivity index (χ3n) is 3.63. The van der Waals surface area contributed by atoms with Gasteiger partial charge in [-0.3, -0.25) is 20.4 Å². The summed E-state index contributed by atoms with van der Waals surface area (Å²) in [7, 11) is 0. The molecule has 0 radical (unpaired) electrons. The summed E-state index contributed by atoms with van der Waals surface area (Å²) >= 11 is 5.06. The van der Waals surface area contributed by atoms with Gasteiger partial charge in [0.05, 0.1) is 5.39 Å². The van der Waals surface area contributed by atoms with E-state index in [1.807, 2.05) is 0 Å². The Morgan fingerprint density at radius 3 is 2.62 bits per heavy atom. The fourth-order valence-corrected chi connectivity index (χ4v) is 2.46. The van der Waals surface area contributed by atoms with Gasteiger partial charge in [0.25, 0.3) is 11.5 Å². The number of anilines is 1. The van der Waals surface area contributed by atoms with Crippen LogP contribution in [0.1, 0.15) is 16.1 Å². The number of rotatable bonds is 2. The Hall–Kier alpha value is -3.33. The number of aromatic amines is 1. The van der Waals surface area contributed by atoms with E-state index in [1.54, 1.807) is 43.3 Å². The van der Waals surface area contributed by atoms with E-state index in [4.69, 9.17) is 12.2 Å². The smallest absolute Gasteiger partial charge is 0.290 e. The van der Waals surface area contributed by atoms with Crippen LogP contribution in [0, 0.1) is 12.7 Å². The van der Waals surface area contributed by atoms with Gasteiger partial charge in [-0.15, -0.1) is 0 Å². The Labute approximate surface area is 152 Å². The van der Waals surface area contributed by atoms with Gasteiger partial charge in [-0.25, -0.2) is 9.49 Å².